The van der Waals surface area contributed by atoms with E-state index in [2.05, 4.69) is 13.8 Å². The highest BCUT2D eigenvalue weighted by atomic mass is 16.6. The Kier molecular flexibility index (Phi) is 8.39. The van der Waals surface area contributed by atoms with Gasteiger partial charge in [-0.15, -0.1) is 0 Å². The number of unbranched alkanes of at least 4 members (excludes halogenated alkanes) is 2. The molecule has 0 saturated carbocycles. The number of nitrogens with zero attached hydrogens (tertiary/aromatic N) is 1. The zero-order chi connectivity index (χ0) is 10.8. The Morgan fingerprint density at radius 2 is 1.71 bits per heavy atom. The highest BCUT2D eigenvalue weighted by Crippen LogP contribution is 2.02. The molecule has 0 aliphatic heterocycles. The number of ether oxygens (including phenoxy) is 1. The first-order chi connectivity index (χ1) is 6.76. The van der Waals surface area contributed by atoms with Gasteiger partial charge in [0.2, 0.25) is 0 Å². The minimum atomic E-state index is -0.214. The van der Waals surface area contributed by atoms with Crippen LogP contribution in [-0.4, -0.2) is 24.1 Å². The molecule has 0 aliphatic rings. The Labute approximate surface area is 87.4 Å². The van der Waals surface area contributed by atoms with Crippen LogP contribution < -0.4 is 0 Å². The molecule has 0 aromatic heterocycles. The molecule has 0 aromatic carbocycles. The molecule has 0 fully saturated rings. The van der Waals surface area contributed by atoms with Crippen LogP contribution in [0.5, 0.6) is 0 Å². The summed E-state index contributed by atoms with van der Waals surface area (Å²) in [4.78, 5) is 13.2. The minimum absolute atomic E-state index is 0.214. The van der Waals surface area contributed by atoms with Crippen molar-refractivity contribution in [3.05, 3.63) is 6.61 Å². The van der Waals surface area contributed by atoms with Crippen LogP contribution in [0.3, 0.4) is 0 Å². The fraction of sp³-hybridized carbons (Fsp3) is 0.818. The van der Waals surface area contributed by atoms with E-state index in [4.69, 9.17) is 4.74 Å². The number of amides is 1. The van der Waals surface area contributed by atoms with Crippen molar-refractivity contribution in [3.8, 4) is 0 Å². The monoisotopic (exact) mass is 200 g/mol. The molecule has 0 atom stereocenters. The van der Waals surface area contributed by atoms with Crippen molar-refractivity contribution in [2.24, 2.45) is 0 Å². The van der Waals surface area contributed by atoms with Gasteiger partial charge in [-0.25, -0.2) is 4.79 Å². The molecule has 0 N–H and O–H groups in total. The second kappa shape index (κ2) is 8.85. The molecule has 1 amide bonds. The summed E-state index contributed by atoms with van der Waals surface area (Å²) in [5.41, 5.74) is 0. The fourth-order valence-electron chi connectivity index (χ4n) is 1.17. The van der Waals surface area contributed by atoms with Crippen LogP contribution in [0.4, 0.5) is 4.79 Å². The average molecular weight is 200 g/mol. The van der Waals surface area contributed by atoms with Crippen LogP contribution in [-0.2, 0) is 4.74 Å². The third-order valence-corrected chi connectivity index (χ3v) is 2.04. The molecule has 3 nitrogen and oxygen atoms in total. The molecule has 0 heterocycles. The van der Waals surface area contributed by atoms with Crippen LogP contribution in [0.25, 0.3) is 0 Å². The third kappa shape index (κ3) is 5.84. The molecule has 0 saturated heterocycles. The lowest BCUT2D eigenvalue weighted by molar-refractivity contribution is 0.124. The predicted octanol–water partition coefficient (Wildman–Crippen LogP) is 3.21. The van der Waals surface area contributed by atoms with Crippen LogP contribution in [0.1, 0.15) is 46.5 Å². The van der Waals surface area contributed by atoms with Crippen molar-refractivity contribution in [1.29, 1.82) is 0 Å². The lowest BCUT2D eigenvalue weighted by Gasteiger charge is -2.20. The van der Waals surface area contributed by atoms with Crippen molar-refractivity contribution in [3.63, 3.8) is 0 Å². The summed E-state index contributed by atoms with van der Waals surface area (Å²) in [6.07, 6.45) is 4.08. The van der Waals surface area contributed by atoms with E-state index in [1.54, 1.807) is 11.8 Å². The summed E-state index contributed by atoms with van der Waals surface area (Å²) in [6, 6.07) is 0. The average Bonchev–Trinajstić information content (AvgIpc) is 2.18. The van der Waals surface area contributed by atoms with Gasteiger partial charge in [0.15, 0.2) is 0 Å². The molecule has 14 heavy (non-hydrogen) atoms. The standard InChI is InChI=1S/C11H22NO2/c1-4-7-9-12(10-8-5-2)11(13)14-6-3/h6H,4-5,7-10H2,1-3H3. The van der Waals surface area contributed by atoms with Gasteiger partial charge in [-0.1, -0.05) is 26.7 Å². The number of rotatable bonds is 7. The first kappa shape index (κ1) is 13.3. The zero-order valence-corrected chi connectivity index (χ0v) is 9.58. The Balaban J connectivity index is 3.88. The van der Waals surface area contributed by atoms with Crippen molar-refractivity contribution in [1.82, 2.24) is 4.90 Å². The van der Waals surface area contributed by atoms with Gasteiger partial charge in [-0.05, 0) is 19.8 Å². The van der Waals surface area contributed by atoms with Gasteiger partial charge in [0.1, 0.15) is 6.61 Å². The SMILES string of the molecule is C[CH]OC(=O)N(CCCC)CCCC. The van der Waals surface area contributed by atoms with Crippen molar-refractivity contribution < 1.29 is 9.53 Å². The first-order valence-corrected chi connectivity index (χ1v) is 5.49. The molecular weight excluding hydrogens is 178 g/mol. The number of carbonyl (C=O) groups excluding carboxylic acids is 1. The van der Waals surface area contributed by atoms with E-state index in [0.29, 0.717) is 0 Å². The van der Waals surface area contributed by atoms with E-state index in [1.807, 2.05) is 0 Å². The first-order valence-electron chi connectivity index (χ1n) is 5.49. The van der Waals surface area contributed by atoms with Crippen LogP contribution in [0.15, 0.2) is 0 Å². The van der Waals surface area contributed by atoms with Crippen LogP contribution in [0.2, 0.25) is 0 Å². The molecule has 0 aromatic rings. The summed E-state index contributed by atoms with van der Waals surface area (Å²) in [5, 5.41) is 0. The Morgan fingerprint density at radius 1 is 1.21 bits per heavy atom. The second-order valence-corrected chi connectivity index (χ2v) is 3.31. The topological polar surface area (TPSA) is 29.5 Å². The molecule has 0 aliphatic carbocycles. The molecule has 83 valence electrons. The highest BCUT2D eigenvalue weighted by Gasteiger charge is 2.12. The second-order valence-electron chi connectivity index (χ2n) is 3.31. The molecule has 0 spiro atoms. The molecule has 0 unspecified atom stereocenters. The van der Waals surface area contributed by atoms with Gasteiger partial charge in [-0.3, -0.25) is 0 Å². The van der Waals surface area contributed by atoms with E-state index in [0.717, 1.165) is 38.8 Å². The smallest absolute Gasteiger partial charge is 0.410 e. The Hall–Kier alpha value is -0.730. The molecule has 3 heteroatoms. The summed E-state index contributed by atoms with van der Waals surface area (Å²) in [5.74, 6) is 0. The van der Waals surface area contributed by atoms with Crippen LogP contribution in [0, 0.1) is 6.61 Å². The fourth-order valence-corrected chi connectivity index (χ4v) is 1.17. The van der Waals surface area contributed by atoms with Crippen molar-refractivity contribution in [2.75, 3.05) is 13.1 Å². The normalized spacial score (nSPS) is 9.93. The minimum Gasteiger partial charge on any atom is -0.442 e. The van der Waals surface area contributed by atoms with Gasteiger partial charge in [0.25, 0.3) is 0 Å². The van der Waals surface area contributed by atoms with E-state index in [1.165, 1.54) is 6.61 Å². The Bertz CT molecular complexity index is 140. The van der Waals surface area contributed by atoms with Crippen molar-refractivity contribution in [2.45, 2.75) is 46.5 Å². The molecule has 0 bridgehead atoms. The number of hydrogen-bond acceptors (Lipinski definition) is 2. The quantitative estimate of drug-likeness (QED) is 0.631. The largest absolute Gasteiger partial charge is 0.442 e. The molecular formula is C11H22NO2. The predicted molar refractivity (Wildman–Crippen MR) is 57.8 cm³/mol. The number of carbonyl (C=O) groups is 1. The van der Waals surface area contributed by atoms with E-state index >= 15 is 0 Å². The van der Waals surface area contributed by atoms with Crippen molar-refractivity contribution >= 4 is 6.09 Å². The summed E-state index contributed by atoms with van der Waals surface area (Å²) < 4.78 is 4.86. The van der Waals surface area contributed by atoms with E-state index < -0.39 is 0 Å². The lowest BCUT2D eigenvalue weighted by Crippen LogP contribution is -2.32. The number of hydrogen-bond donors (Lipinski definition) is 0. The van der Waals surface area contributed by atoms with E-state index in [-0.39, 0.29) is 6.09 Å². The highest BCUT2D eigenvalue weighted by molar-refractivity contribution is 5.67. The Morgan fingerprint density at radius 3 is 2.07 bits per heavy atom. The lowest BCUT2D eigenvalue weighted by atomic mass is 10.3. The summed E-state index contributed by atoms with van der Waals surface area (Å²) in [6.45, 7) is 9.01. The zero-order valence-electron chi connectivity index (χ0n) is 9.58. The maximum atomic E-state index is 11.4. The van der Waals surface area contributed by atoms with E-state index in [9.17, 15) is 4.79 Å². The maximum absolute atomic E-state index is 11.4. The van der Waals surface area contributed by atoms with Gasteiger partial charge >= 0.3 is 6.09 Å². The van der Waals surface area contributed by atoms with Gasteiger partial charge < -0.3 is 9.64 Å². The molecule has 0 rings (SSSR count). The third-order valence-electron chi connectivity index (χ3n) is 2.04. The maximum Gasteiger partial charge on any atom is 0.410 e. The van der Waals surface area contributed by atoms with Gasteiger partial charge in [0, 0.05) is 13.1 Å². The summed E-state index contributed by atoms with van der Waals surface area (Å²) >= 11 is 0. The van der Waals surface area contributed by atoms with Gasteiger partial charge in [-0.2, -0.15) is 0 Å². The van der Waals surface area contributed by atoms with Gasteiger partial charge in [0.05, 0.1) is 0 Å². The van der Waals surface area contributed by atoms with Crippen LogP contribution >= 0.6 is 0 Å². The molecule has 1 radical (unpaired) electrons. The summed E-state index contributed by atoms with van der Waals surface area (Å²) in [7, 11) is 0.